The molecular weight excluding hydrogens is 242 g/mol. The molecule has 2 N–H and O–H groups in total. The van der Waals surface area contributed by atoms with Crippen molar-refractivity contribution in [1.29, 1.82) is 0 Å². The van der Waals surface area contributed by atoms with E-state index < -0.39 is 0 Å². The predicted octanol–water partition coefficient (Wildman–Crippen LogP) is 3.03. The number of aromatic nitrogens is 2. The van der Waals surface area contributed by atoms with Gasteiger partial charge < -0.3 is 14.8 Å². The topological polar surface area (TPSA) is 70.9 Å². The van der Waals surface area contributed by atoms with Gasteiger partial charge in [-0.15, -0.1) is 0 Å². The van der Waals surface area contributed by atoms with E-state index in [9.17, 15) is 4.79 Å². The molecule has 2 aromatic heterocycles. The maximum absolute atomic E-state index is 12.0. The second-order valence-corrected chi connectivity index (χ2v) is 4.50. The summed E-state index contributed by atoms with van der Waals surface area (Å²) in [7, 11) is 0. The molecule has 0 atom stereocenters. The van der Waals surface area contributed by atoms with Crippen LogP contribution < -0.4 is 5.32 Å². The van der Waals surface area contributed by atoms with Crippen molar-refractivity contribution in [3.63, 3.8) is 0 Å². The SMILES string of the molecule is Cc1cc2c(NC(=O)c3cc(C)on3)cccc2[nH]1. The molecule has 1 aromatic carbocycles. The lowest BCUT2D eigenvalue weighted by molar-refractivity contribution is 0.101. The van der Waals surface area contributed by atoms with Crippen LogP contribution in [0.4, 0.5) is 5.69 Å². The smallest absolute Gasteiger partial charge is 0.277 e. The van der Waals surface area contributed by atoms with Gasteiger partial charge in [-0.25, -0.2) is 0 Å². The molecule has 0 radical (unpaired) electrons. The lowest BCUT2D eigenvalue weighted by Gasteiger charge is -2.04. The van der Waals surface area contributed by atoms with Crippen LogP contribution in [-0.2, 0) is 0 Å². The van der Waals surface area contributed by atoms with Crippen LogP contribution >= 0.6 is 0 Å². The number of benzene rings is 1. The van der Waals surface area contributed by atoms with Gasteiger partial charge in [-0.3, -0.25) is 4.79 Å². The van der Waals surface area contributed by atoms with Gasteiger partial charge in [-0.2, -0.15) is 0 Å². The maximum atomic E-state index is 12.0. The highest BCUT2D eigenvalue weighted by atomic mass is 16.5. The molecule has 96 valence electrons. The molecule has 0 saturated heterocycles. The number of carbonyl (C=O) groups excluding carboxylic acids is 1. The molecule has 19 heavy (non-hydrogen) atoms. The Kier molecular flexibility index (Phi) is 2.59. The summed E-state index contributed by atoms with van der Waals surface area (Å²) in [5.41, 5.74) is 3.08. The number of aryl methyl sites for hydroxylation is 2. The fraction of sp³-hybridized carbons (Fsp3) is 0.143. The molecule has 0 aliphatic carbocycles. The molecule has 0 spiro atoms. The first-order valence-corrected chi connectivity index (χ1v) is 5.96. The average Bonchev–Trinajstić information content (AvgIpc) is 2.95. The number of aromatic amines is 1. The molecule has 0 bridgehead atoms. The molecule has 2 heterocycles. The largest absolute Gasteiger partial charge is 0.361 e. The number of hydrogen-bond acceptors (Lipinski definition) is 3. The second kappa shape index (κ2) is 4.28. The molecule has 0 unspecified atom stereocenters. The van der Waals surface area contributed by atoms with Crippen LogP contribution in [0, 0.1) is 13.8 Å². The molecule has 5 nitrogen and oxygen atoms in total. The summed E-state index contributed by atoms with van der Waals surface area (Å²) in [5.74, 6) is 0.337. The molecular formula is C14H13N3O2. The molecule has 0 saturated carbocycles. The van der Waals surface area contributed by atoms with Crippen LogP contribution in [0.5, 0.6) is 0 Å². The quantitative estimate of drug-likeness (QED) is 0.739. The van der Waals surface area contributed by atoms with Gasteiger partial charge in [-0.05, 0) is 32.0 Å². The van der Waals surface area contributed by atoms with Gasteiger partial charge in [0.05, 0.1) is 5.69 Å². The van der Waals surface area contributed by atoms with Crippen LogP contribution in [0.15, 0.2) is 34.9 Å². The van der Waals surface area contributed by atoms with E-state index in [-0.39, 0.29) is 11.6 Å². The Labute approximate surface area is 109 Å². The number of hydrogen-bond donors (Lipinski definition) is 2. The van der Waals surface area contributed by atoms with Crippen molar-refractivity contribution in [1.82, 2.24) is 10.1 Å². The van der Waals surface area contributed by atoms with Gasteiger partial charge >= 0.3 is 0 Å². The molecule has 5 heteroatoms. The molecule has 3 rings (SSSR count). The first kappa shape index (κ1) is 11.5. The van der Waals surface area contributed by atoms with Crippen molar-refractivity contribution in [2.45, 2.75) is 13.8 Å². The zero-order chi connectivity index (χ0) is 13.4. The van der Waals surface area contributed by atoms with E-state index in [1.54, 1.807) is 13.0 Å². The number of nitrogens with one attached hydrogen (secondary N) is 2. The lowest BCUT2D eigenvalue weighted by atomic mass is 10.2. The van der Waals surface area contributed by atoms with Gasteiger partial charge in [0.25, 0.3) is 5.91 Å². The summed E-state index contributed by atoms with van der Waals surface area (Å²) in [6, 6.07) is 9.33. The third-order valence-corrected chi connectivity index (χ3v) is 2.91. The van der Waals surface area contributed by atoms with Crippen LogP contribution in [0.25, 0.3) is 10.9 Å². The Hall–Kier alpha value is -2.56. The highest BCUT2D eigenvalue weighted by Gasteiger charge is 2.13. The first-order valence-electron chi connectivity index (χ1n) is 5.96. The normalized spacial score (nSPS) is 10.8. The molecule has 1 amide bonds. The molecule has 0 aliphatic heterocycles. The van der Waals surface area contributed by atoms with Crippen LogP contribution in [-0.4, -0.2) is 16.0 Å². The molecule has 3 aromatic rings. The summed E-state index contributed by atoms with van der Waals surface area (Å²) in [4.78, 5) is 15.3. The van der Waals surface area contributed by atoms with E-state index in [0.717, 1.165) is 22.3 Å². The Morgan fingerprint density at radius 2 is 2.16 bits per heavy atom. The summed E-state index contributed by atoms with van der Waals surface area (Å²) >= 11 is 0. The molecule has 0 fully saturated rings. The number of nitrogens with zero attached hydrogens (tertiary/aromatic N) is 1. The number of anilines is 1. The van der Waals surface area contributed by atoms with Crippen molar-refractivity contribution >= 4 is 22.5 Å². The summed E-state index contributed by atoms with van der Waals surface area (Å²) < 4.78 is 4.90. The minimum absolute atomic E-state index is 0.275. The van der Waals surface area contributed by atoms with Gasteiger partial charge in [0, 0.05) is 22.7 Å². The van der Waals surface area contributed by atoms with E-state index >= 15 is 0 Å². The van der Waals surface area contributed by atoms with E-state index in [0.29, 0.717) is 5.76 Å². The standard InChI is InChI=1S/C14H13N3O2/c1-8-6-10-11(15-8)4-3-5-12(10)16-14(18)13-7-9(2)19-17-13/h3-7,15H,1-2H3,(H,16,18). The van der Waals surface area contributed by atoms with Gasteiger partial charge in [0.15, 0.2) is 5.69 Å². The number of rotatable bonds is 2. The number of fused-ring (bicyclic) bond motifs is 1. The third-order valence-electron chi connectivity index (χ3n) is 2.91. The maximum Gasteiger partial charge on any atom is 0.277 e. The zero-order valence-corrected chi connectivity index (χ0v) is 10.7. The minimum atomic E-state index is -0.275. The van der Waals surface area contributed by atoms with Crippen LogP contribution in [0.3, 0.4) is 0 Å². The highest BCUT2D eigenvalue weighted by molar-refractivity contribution is 6.07. The van der Waals surface area contributed by atoms with Gasteiger partial charge in [0.1, 0.15) is 5.76 Å². The molecule has 0 aliphatic rings. The Bertz CT molecular complexity index is 755. The number of amides is 1. The van der Waals surface area contributed by atoms with Crippen molar-refractivity contribution in [3.05, 3.63) is 47.5 Å². The summed E-state index contributed by atoms with van der Waals surface area (Å²) in [5, 5.41) is 7.53. The fourth-order valence-electron chi connectivity index (χ4n) is 2.06. The van der Waals surface area contributed by atoms with Crippen molar-refractivity contribution < 1.29 is 9.32 Å². The Morgan fingerprint density at radius 1 is 1.32 bits per heavy atom. The number of carbonyl (C=O) groups is 1. The van der Waals surface area contributed by atoms with E-state index in [1.807, 2.05) is 31.2 Å². The van der Waals surface area contributed by atoms with Crippen LogP contribution in [0.1, 0.15) is 21.9 Å². The minimum Gasteiger partial charge on any atom is -0.361 e. The van der Waals surface area contributed by atoms with E-state index in [4.69, 9.17) is 4.52 Å². The average molecular weight is 255 g/mol. The van der Waals surface area contributed by atoms with Crippen molar-refractivity contribution in [2.75, 3.05) is 5.32 Å². The van der Waals surface area contributed by atoms with Gasteiger partial charge in [0.2, 0.25) is 0 Å². The van der Waals surface area contributed by atoms with Crippen LogP contribution in [0.2, 0.25) is 0 Å². The number of H-pyrrole nitrogens is 1. The third kappa shape index (κ3) is 2.10. The lowest BCUT2D eigenvalue weighted by Crippen LogP contribution is -2.12. The zero-order valence-electron chi connectivity index (χ0n) is 10.7. The summed E-state index contributed by atoms with van der Waals surface area (Å²) in [6.45, 7) is 3.73. The predicted molar refractivity (Wildman–Crippen MR) is 72.2 cm³/mol. The van der Waals surface area contributed by atoms with Crippen molar-refractivity contribution in [3.8, 4) is 0 Å². The monoisotopic (exact) mass is 255 g/mol. The van der Waals surface area contributed by atoms with E-state index in [2.05, 4.69) is 15.5 Å². The van der Waals surface area contributed by atoms with E-state index in [1.165, 1.54) is 0 Å². The van der Waals surface area contributed by atoms with Crippen molar-refractivity contribution in [2.24, 2.45) is 0 Å². The first-order chi connectivity index (χ1) is 9.13. The highest BCUT2D eigenvalue weighted by Crippen LogP contribution is 2.24. The second-order valence-electron chi connectivity index (χ2n) is 4.50. The fourth-order valence-corrected chi connectivity index (χ4v) is 2.06. The van der Waals surface area contributed by atoms with Gasteiger partial charge in [-0.1, -0.05) is 11.2 Å². The Morgan fingerprint density at radius 3 is 2.89 bits per heavy atom. The Balaban J connectivity index is 1.95. The summed E-state index contributed by atoms with van der Waals surface area (Å²) in [6.07, 6.45) is 0.